The number of aromatic nitrogens is 1. The lowest BCUT2D eigenvalue weighted by Crippen LogP contribution is -2.54. The molecule has 1 aliphatic heterocycles. The number of benzene rings is 2. The zero-order valence-electron chi connectivity index (χ0n) is 27.1. The molecule has 0 atom stereocenters. The van der Waals surface area contributed by atoms with Crippen LogP contribution in [0, 0.1) is 11.8 Å². The van der Waals surface area contributed by atoms with Gasteiger partial charge in [-0.15, -0.1) is 0 Å². The second-order valence-corrected chi connectivity index (χ2v) is 14.4. The fraction of sp³-hybridized carbons (Fsp3) is 0.529. The third-order valence-electron chi connectivity index (χ3n) is 8.99. The van der Waals surface area contributed by atoms with Gasteiger partial charge in [-0.05, 0) is 68.9 Å². The Kier molecular flexibility index (Phi) is 11.0. The maximum Gasteiger partial charge on any atom is 0.406 e. The van der Waals surface area contributed by atoms with Crippen molar-refractivity contribution in [2.45, 2.75) is 61.8 Å². The van der Waals surface area contributed by atoms with Crippen LogP contribution in [0.5, 0.6) is 5.75 Å². The molecule has 47 heavy (non-hydrogen) atoms. The van der Waals surface area contributed by atoms with Crippen LogP contribution >= 0.6 is 0 Å². The van der Waals surface area contributed by atoms with E-state index in [1.54, 1.807) is 24.3 Å². The van der Waals surface area contributed by atoms with Gasteiger partial charge in [0.15, 0.2) is 9.84 Å². The highest BCUT2D eigenvalue weighted by Crippen LogP contribution is 2.37. The Bertz CT molecular complexity index is 1700. The SMILES string of the molecule is COCCOc1cc(S(C)(=O)=O)ccc1NCC#Cc1cc2c(NC3CCC(C)(N4CCOCC4)CC3)cccc2n1CC(F)(F)F. The highest BCUT2D eigenvalue weighted by atomic mass is 32.2. The number of rotatable bonds is 11. The van der Waals surface area contributed by atoms with Gasteiger partial charge in [0.05, 0.1) is 48.2 Å². The molecule has 13 heteroatoms. The van der Waals surface area contributed by atoms with Crippen LogP contribution in [0.15, 0.2) is 47.4 Å². The highest BCUT2D eigenvalue weighted by molar-refractivity contribution is 7.90. The summed E-state index contributed by atoms with van der Waals surface area (Å²) >= 11 is 0. The molecule has 2 N–H and O–H groups in total. The molecule has 0 amide bonds. The van der Waals surface area contributed by atoms with Crippen LogP contribution in [0.3, 0.4) is 0 Å². The van der Waals surface area contributed by atoms with Crippen LogP contribution < -0.4 is 15.4 Å². The van der Waals surface area contributed by atoms with Gasteiger partial charge in [-0.1, -0.05) is 12.0 Å². The molecule has 5 rings (SSSR count). The topological polar surface area (TPSA) is 94.1 Å². The first-order chi connectivity index (χ1) is 22.4. The molecule has 0 unspecified atom stereocenters. The molecule has 1 aromatic heterocycles. The molecule has 1 saturated heterocycles. The van der Waals surface area contributed by atoms with Crippen LogP contribution in [0.4, 0.5) is 24.5 Å². The minimum absolute atomic E-state index is 0.0848. The van der Waals surface area contributed by atoms with Crippen molar-refractivity contribution in [1.82, 2.24) is 9.47 Å². The van der Waals surface area contributed by atoms with E-state index in [0.717, 1.165) is 63.9 Å². The summed E-state index contributed by atoms with van der Waals surface area (Å²) in [6.45, 7) is 5.16. The average Bonchev–Trinajstić information content (AvgIpc) is 3.37. The molecule has 256 valence electrons. The lowest BCUT2D eigenvalue weighted by Gasteiger charge is -2.47. The normalized spacial score (nSPS) is 20.9. The zero-order chi connectivity index (χ0) is 33.7. The predicted octanol–water partition coefficient (Wildman–Crippen LogP) is 5.54. The molecule has 3 aromatic rings. The van der Waals surface area contributed by atoms with Crippen LogP contribution in [-0.2, 0) is 25.9 Å². The third kappa shape index (κ3) is 8.93. The number of morpholine rings is 1. The molecule has 0 radical (unpaired) electrons. The van der Waals surface area contributed by atoms with E-state index in [0.29, 0.717) is 28.9 Å². The Balaban J connectivity index is 1.33. The van der Waals surface area contributed by atoms with E-state index in [1.807, 2.05) is 6.07 Å². The molecule has 0 spiro atoms. The lowest BCUT2D eigenvalue weighted by atomic mass is 9.79. The van der Waals surface area contributed by atoms with Crippen molar-refractivity contribution in [2.24, 2.45) is 0 Å². The van der Waals surface area contributed by atoms with Gasteiger partial charge in [0.2, 0.25) is 0 Å². The number of ether oxygens (including phenoxy) is 3. The molecular weight excluding hydrogens is 633 g/mol. The minimum Gasteiger partial charge on any atom is -0.489 e. The first kappa shape index (κ1) is 34.9. The van der Waals surface area contributed by atoms with Crippen molar-refractivity contribution in [3.8, 4) is 17.6 Å². The number of hydrogen-bond donors (Lipinski definition) is 2. The van der Waals surface area contributed by atoms with Crippen LogP contribution in [-0.4, -0.2) is 95.1 Å². The Morgan fingerprint density at radius 2 is 1.81 bits per heavy atom. The summed E-state index contributed by atoms with van der Waals surface area (Å²) in [7, 11) is -1.93. The van der Waals surface area contributed by atoms with Crippen molar-refractivity contribution < 1.29 is 35.8 Å². The number of sulfone groups is 1. The molecule has 2 fully saturated rings. The third-order valence-corrected chi connectivity index (χ3v) is 10.1. The van der Waals surface area contributed by atoms with Gasteiger partial charge in [-0.3, -0.25) is 4.90 Å². The molecule has 1 aliphatic carbocycles. The fourth-order valence-electron chi connectivity index (χ4n) is 6.39. The van der Waals surface area contributed by atoms with Crippen molar-refractivity contribution in [2.75, 3.05) is 70.1 Å². The van der Waals surface area contributed by atoms with Crippen molar-refractivity contribution in [3.05, 3.63) is 48.2 Å². The first-order valence-corrected chi connectivity index (χ1v) is 17.7. The molecular formula is C34H43F3N4O5S. The Hall–Kier alpha value is -3.44. The Morgan fingerprint density at radius 1 is 1.06 bits per heavy atom. The van der Waals surface area contributed by atoms with Crippen LogP contribution in [0.25, 0.3) is 10.9 Å². The van der Waals surface area contributed by atoms with Gasteiger partial charge < -0.3 is 29.4 Å². The number of halogens is 3. The fourth-order valence-corrected chi connectivity index (χ4v) is 7.03. The largest absolute Gasteiger partial charge is 0.489 e. The summed E-state index contributed by atoms with van der Waals surface area (Å²) in [4.78, 5) is 2.63. The molecule has 9 nitrogen and oxygen atoms in total. The summed E-state index contributed by atoms with van der Waals surface area (Å²) in [5, 5.41) is 7.43. The number of nitrogens with zero attached hydrogens (tertiary/aromatic N) is 2. The van der Waals surface area contributed by atoms with Gasteiger partial charge in [-0.25, -0.2) is 8.42 Å². The van der Waals surface area contributed by atoms with Gasteiger partial charge in [-0.2, -0.15) is 13.2 Å². The summed E-state index contributed by atoms with van der Waals surface area (Å²) in [5.41, 5.74) is 2.15. The van der Waals surface area contributed by atoms with E-state index in [-0.39, 0.29) is 35.3 Å². The van der Waals surface area contributed by atoms with Crippen molar-refractivity contribution in [1.29, 1.82) is 0 Å². The smallest absolute Gasteiger partial charge is 0.406 e. The molecule has 2 aliphatic rings. The summed E-state index contributed by atoms with van der Waals surface area (Å²) in [5.74, 6) is 6.17. The van der Waals surface area contributed by atoms with E-state index >= 15 is 0 Å². The summed E-state index contributed by atoms with van der Waals surface area (Å²) in [6, 6.07) is 11.8. The van der Waals surface area contributed by atoms with E-state index < -0.39 is 22.6 Å². The van der Waals surface area contributed by atoms with Crippen molar-refractivity contribution in [3.63, 3.8) is 0 Å². The van der Waals surface area contributed by atoms with E-state index in [4.69, 9.17) is 14.2 Å². The van der Waals surface area contributed by atoms with E-state index in [2.05, 4.69) is 34.3 Å². The van der Waals surface area contributed by atoms with Gasteiger partial charge in [0, 0.05) is 55.2 Å². The number of alkyl halides is 3. The van der Waals surface area contributed by atoms with Crippen LogP contribution in [0.2, 0.25) is 0 Å². The maximum absolute atomic E-state index is 13.7. The second kappa shape index (κ2) is 14.8. The maximum atomic E-state index is 13.7. The summed E-state index contributed by atoms with van der Waals surface area (Å²) < 4.78 is 82.8. The van der Waals surface area contributed by atoms with E-state index in [9.17, 15) is 21.6 Å². The second-order valence-electron chi connectivity index (χ2n) is 12.4. The first-order valence-electron chi connectivity index (χ1n) is 15.8. The van der Waals surface area contributed by atoms with Gasteiger partial charge in [0.1, 0.15) is 18.9 Å². The number of hydrogen-bond acceptors (Lipinski definition) is 8. The molecule has 2 aromatic carbocycles. The number of fused-ring (bicyclic) bond motifs is 1. The number of methoxy groups -OCH3 is 1. The number of anilines is 2. The standard InChI is InChI=1S/C34H43F3N4O5S/c1-33(40-16-18-45-19-17-40)13-11-25(12-14-33)39-29-7-4-8-31-28(29)22-26(41(31)24-34(35,36)37)6-5-15-38-30-10-9-27(47(3,42)43)23-32(30)46-21-20-44-2/h4,7-10,22-23,25,38-39H,11-21,24H2,1-3H3. The molecule has 1 saturated carbocycles. The minimum atomic E-state index is -4.44. The number of nitrogens with one attached hydrogen (secondary N) is 2. The predicted molar refractivity (Wildman–Crippen MR) is 177 cm³/mol. The highest BCUT2D eigenvalue weighted by Gasteiger charge is 2.37. The Labute approximate surface area is 274 Å². The quantitative estimate of drug-likeness (QED) is 0.202. The lowest BCUT2D eigenvalue weighted by molar-refractivity contribution is -0.140. The van der Waals surface area contributed by atoms with Gasteiger partial charge in [0.25, 0.3) is 0 Å². The monoisotopic (exact) mass is 676 g/mol. The van der Waals surface area contributed by atoms with E-state index in [1.165, 1.54) is 23.8 Å². The van der Waals surface area contributed by atoms with Crippen molar-refractivity contribution >= 4 is 32.1 Å². The molecule has 0 bridgehead atoms. The molecule has 2 heterocycles. The van der Waals surface area contributed by atoms with Gasteiger partial charge >= 0.3 is 6.18 Å². The zero-order valence-corrected chi connectivity index (χ0v) is 27.9. The summed E-state index contributed by atoms with van der Waals surface area (Å²) in [6.07, 6.45) is 0.679. The Morgan fingerprint density at radius 3 is 2.49 bits per heavy atom. The van der Waals surface area contributed by atoms with Crippen LogP contribution in [0.1, 0.15) is 38.3 Å². The average molecular weight is 677 g/mol.